The second-order valence-electron chi connectivity index (χ2n) is 3.13. The normalized spacial score (nSPS) is 11.3. The van der Waals surface area contributed by atoms with E-state index in [9.17, 15) is 4.79 Å². The van der Waals surface area contributed by atoms with Crippen molar-refractivity contribution in [3.8, 4) is 11.8 Å². The summed E-state index contributed by atoms with van der Waals surface area (Å²) in [6.45, 7) is 4.19. The molecule has 4 heteroatoms. The van der Waals surface area contributed by atoms with Crippen LogP contribution in [0.1, 0.15) is 26.3 Å². The summed E-state index contributed by atoms with van der Waals surface area (Å²) in [7, 11) is 0. The minimum absolute atomic E-state index is 0.0309. The summed E-state index contributed by atoms with van der Waals surface area (Å²) in [5.74, 6) is 5.64. The SMILES string of the molecule is CC#CCCNC(=O)C(C)n1cccn1. The molecule has 1 amide bonds. The van der Waals surface area contributed by atoms with Crippen molar-refractivity contribution in [2.75, 3.05) is 6.54 Å². The first-order valence-corrected chi connectivity index (χ1v) is 4.92. The Morgan fingerprint density at radius 1 is 1.67 bits per heavy atom. The quantitative estimate of drug-likeness (QED) is 0.588. The maximum absolute atomic E-state index is 11.6. The molecule has 0 aliphatic heterocycles. The van der Waals surface area contributed by atoms with Gasteiger partial charge >= 0.3 is 0 Å². The maximum Gasteiger partial charge on any atom is 0.244 e. The lowest BCUT2D eigenvalue weighted by Crippen LogP contribution is -2.31. The number of nitrogens with zero attached hydrogens (tertiary/aromatic N) is 2. The average Bonchev–Trinajstić information content (AvgIpc) is 2.76. The van der Waals surface area contributed by atoms with Gasteiger partial charge in [0, 0.05) is 25.4 Å². The molecule has 0 radical (unpaired) electrons. The largest absolute Gasteiger partial charge is 0.353 e. The summed E-state index contributed by atoms with van der Waals surface area (Å²) >= 11 is 0. The molecular weight excluding hydrogens is 190 g/mol. The number of aromatic nitrogens is 2. The van der Waals surface area contributed by atoms with E-state index in [1.807, 2.05) is 6.92 Å². The molecule has 0 aliphatic carbocycles. The first kappa shape index (κ1) is 11.3. The van der Waals surface area contributed by atoms with Gasteiger partial charge in [0.15, 0.2) is 0 Å². The van der Waals surface area contributed by atoms with Gasteiger partial charge in [-0.1, -0.05) is 0 Å². The van der Waals surface area contributed by atoms with Crippen molar-refractivity contribution in [2.45, 2.75) is 26.3 Å². The van der Waals surface area contributed by atoms with E-state index >= 15 is 0 Å². The second kappa shape index (κ2) is 5.86. The highest BCUT2D eigenvalue weighted by Crippen LogP contribution is 2.02. The fourth-order valence-corrected chi connectivity index (χ4v) is 1.15. The van der Waals surface area contributed by atoms with Gasteiger partial charge in [-0.15, -0.1) is 11.8 Å². The number of carbonyl (C=O) groups is 1. The monoisotopic (exact) mass is 205 g/mol. The van der Waals surface area contributed by atoms with Gasteiger partial charge in [0.05, 0.1) is 0 Å². The Hall–Kier alpha value is -1.76. The standard InChI is InChI=1S/C11H15N3O/c1-3-4-5-7-12-11(15)10(2)14-9-6-8-13-14/h6,8-10H,5,7H2,1-2H3,(H,12,15). The molecule has 0 saturated heterocycles. The van der Waals surface area contributed by atoms with E-state index in [-0.39, 0.29) is 11.9 Å². The zero-order chi connectivity index (χ0) is 11.1. The van der Waals surface area contributed by atoms with Gasteiger partial charge in [-0.25, -0.2) is 0 Å². The van der Waals surface area contributed by atoms with Gasteiger partial charge in [0.25, 0.3) is 0 Å². The summed E-state index contributed by atoms with van der Waals surface area (Å²) in [6.07, 6.45) is 4.12. The predicted octanol–water partition coefficient (Wildman–Crippen LogP) is 0.974. The smallest absolute Gasteiger partial charge is 0.244 e. The Morgan fingerprint density at radius 2 is 2.47 bits per heavy atom. The highest BCUT2D eigenvalue weighted by atomic mass is 16.2. The van der Waals surface area contributed by atoms with E-state index in [1.54, 1.807) is 30.1 Å². The van der Waals surface area contributed by atoms with E-state index in [0.29, 0.717) is 13.0 Å². The summed E-state index contributed by atoms with van der Waals surface area (Å²) in [6, 6.07) is 1.53. The van der Waals surface area contributed by atoms with Crippen molar-refractivity contribution in [1.29, 1.82) is 0 Å². The molecule has 1 N–H and O–H groups in total. The van der Waals surface area contributed by atoms with Crippen LogP contribution in [-0.4, -0.2) is 22.2 Å². The van der Waals surface area contributed by atoms with Crippen molar-refractivity contribution in [1.82, 2.24) is 15.1 Å². The highest BCUT2D eigenvalue weighted by Gasteiger charge is 2.13. The summed E-state index contributed by atoms with van der Waals surface area (Å²) in [5, 5.41) is 6.81. The molecule has 0 fully saturated rings. The third kappa shape index (κ3) is 3.47. The lowest BCUT2D eigenvalue weighted by atomic mass is 10.3. The fraction of sp³-hybridized carbons (Fsp3) is 0.455. The lowest BCUT2D eigenvalue weighted by Gasteiger charge is -2.11. The van der Waals surface area contributed by atoms with Crippen molar-refractivity contribution in [3.63, 3.8) is 0 Å². The van der Waals surface area contributed by atoms with Gasteiger partial charge in [0.2, 0.25) is 5.91 Å². The van der Waals surface area contributed by atoms with E-state index in [2.05, 4.69) is 22.3 Å². The van der Waals surface area contributed by atoms with Crippen LogP contribution in [0.15, 0.2) is 18.5 Å². The molecule has 80 valence electrons. The first-order valence-electron chi connectivity index (χ1n) is 4.92. The van der Waals surface area contributed by atoms with Crippen molar-refractivity contribution in [3.05, 3.63) is 18.5 Å². The van der Waals surface area contributed by atoms with Gasteiger partial charge in [-0.05, 0) is 19.9 Å². The van der Waals surface area contributed by atoms with Crippen LogP contribution >= 0.6 is 0 Å². The molecule has 1 rings (SSSR count). The Morgan fingerprint density at radius 3 is 3.07 bits per heavy atom. The zero-order valence-electron chi connectivity index (χ0n) is 9.03. The summed E-state index contributed by atoms with van der Waals surface area (Å²) in [5.41, 5.74) is 0. The highest BCUT2D eigenvalue weighted by molar-refractivity contribution is 5.79. The zero-order valence-corrected chi connectivity index (χ0v) is 9.03. The molecule has 0 bridgehead atoms. The number of hydrogen-bond donors (Lipinski definition) is 1. The summed E-state index contributed by atoms with van der Waals surface area (Å²) < 4.78 is 1.63. The summed E-state index contributed by atoms with van der Waals surface area (Å²) in [4.78, 5) is 11.6. The molecule has 15 heavy (non-hydrogen) atoms. The van der Waals surface area contributed by atoms with Crippen LogP contribution in [0.3, 0.4) is 0 Å². The third-order valence-corrected chi connectivity index (χ3v) is 2.03. The first-order chi connectivity index (χ1) is 7.25. The minimum Gasteiger partial charge on any atom is -0.353 e. The van der Waals surface area contributed by atoms with Crippen LogP contribution in [-0.2, 0) is 4.79 Å². The molecule has 0 spiro atoms. The van der Waals surface area contributed by atoms with Crippen LogP contribution in [0, 0.1) is 11.8 Å². The van der Waals surface area contributed by atoms with E-state index in [1.165, 1.54) is 0 Å². The minimum atomic E-state index is -0.269. The number of hydrogen-bond acceptors (Lipinski definition) is 2. The Bertz CT molecular complexity index is 359. The molecule has 1 atom stereocenters. The second-order valence-corrected chi connectivity index (χ2v) is 3.13. The molecule has 0 saturated carbocycles. The van der Waals surface area contributed by atoms with E-state index in [4.69, 9.17) is 0 Å². The Kier molecular flexibility index (Phi) is 4.42. The Labute approximate surface area is 89.7 Å². The van der Waals surface area contributed by atoms with Crippen LogP contribution in [0.4, 0.5) is 0 Å². The number of rotatable bonds is 4. The predicted molar refractivity (Wildman–Crippen MR) is 58.0 cm³/mol. The van der Waals surface area contributed by atoms with Crippen LogP contribution < -0.4 is 5.32 Å². The fourth-order valence-electron chi connectivity index (χ4n) is 1.15. The molecule has 1 heterocycles. The molecule has 4 nitrogen and oxygen atoms in total. The van der Waals surface area contributed by atoms with Gasteiger partial charge in [-0.2, -0.15) is 5.10 Å². The van der Waals surface area contributed by atoms with Gasteiger partial charge in [0.1, 0.15) is 6.04 Å². The van der Waals surface area contributed by atoms with Gasteiger partial charge < -0.3 is 5.32 Å². The molecule has 0 aliphatic rings. The molecule has 0 aromatic carbocycles. The van der Waals surface area contributed by atoms with E-state index < -0.39 is 0 Å². The maximum atomic E-state index is 11.6. The number of nitrogens with one attached hydrogen (secondary N) is 1. The third-order valence-electron chi connectivity index (χ3n) is 2.03. The van der Waals surface area contributed by atoms with Crippen LogP contribution in [0.2, 0.25) is 0 Å². The molecule has 1 unspecified atom stereocenters. The van der Waals surface area contributed by atoms with Crippen molar-refractivity contribution < 1.29 is 4.79 Å². The van der Waals surface area contributed by atoms with Crippen molar-refractivity contribution >= 4 is 5.91 Å². The van der Waals surface area contributed by atoms with Crippen LogP contribution in [0.5, 0.6) is 0 Å². The van der Waals surface area contributed by atoms with E-state index in [0.717, 1.165) is 0 Å². The molecular formula is C11H15N3O. The number of amides is 1. The average molecular weight is 205 g/mol. The Balaban J connectivity index is 2.36. The number of carbonyl (C=O) groups excluding carboxylic acids is 1. The molecule has 1 aromatic heterocycles. The van der Waals surface area contributed by atoms with Crippen molar-refractivity contribution in [2.24, 2.45) is 0 Å². The lowest BCUT2D eigenvalue weighted by molar-refractivity contribution is -0.124. The topological polar surface area (TPSA) is 46.9 Å². The molecule has 1 aromatic rings. The van der Waals surface area contributed by atoms with Crippen LogP contribution in [0.25, 0.3) is 0 Å². The van der Waals surface area contributed by atoms with Gasteiger partial charge in [-0.3, -0.25) is 9.48 Å².